The van der Waals surface area contributed by atoms with Crippen LogP contribution in [-0.2, 0) is 0 Å². The molecule has 1 aliphatic heterocycles. The maximum Gasteiger partial charge on any atom is 0.231 e. The summed E-state index contributed by atoms with van der Waals surface area (Å²) in [6.07, 6.45) is 2.19. The van der Waals surface area contributed by atoms with E-state index in [1.807, 2.05) is 25.1 Å². The van der Waals surface area contributed by atoms with Gasteiger partial charge in [0.2, 0.25) is 6.79 Å². The largest absolute Gasteiger partial charge is 0.483 e. The number of nitrogens with one attached hydrogen (secondary N) is 1. The molecular weight excluding hydrogens is 258 g/mol. The molecule has 4 rings (SSSR count). The highest BCUT2D eigenvalue weighted by Gasteiger charge is 2.28. The molecule has 1 aromatic carbocycles. The van der Waals surface area contributed by atoms with Crippen molar-refractivity contribution >= 4 is 0 Å². The van der Waals surface area contributed by atoms with Gasteiger partial charge in [0.15, 0.2) is 23.4 Å². The predicted molar refractivity (Wildman–Crippen MR) is 70.0 cm³/mol. The molecule has 1 N–H and O–H groups in total. The van der Waals surface area contributed by atoms with Crippen molar-refractivity contribution in [2.45, 2.75) is 31.8 Å². The molecule has 0 amide bonds. The molecule has 1 aromatic heterocycles. The smallest absolute Gasteiger partial charge is 0.231 e. The van der Waals surface area contributed by atoms with E-state index in [9.17, 15) is 0 Å². The number of nitrogens with zero attached hydrogens (tertiary/aromatic N) is 2. The van der Waals surface area contributed by atoms with E-state index in [1.54, 1.807) is 0 Å². The zero-order valence-corrected chi connectivity index (χ0v) is 11.1. The van der Waals surface area contributed by atoms with Gasteiger partial charge in [-0.2, -0.15) is 5.10 Å². The Hall–Kier alpha value is -2.24. The first kappa shape index (κ1) is 11.6. The predicted octanol–water partition coefficient (Wildman–Crippen LogP) is 2.55. The normalized spacial score (nSPS) is 18.1. The van der Waals surface area contributed by atoms with E-state index in [4.69, 9.17) is 14.2 Å². The van der Waals surface area contributed by atoms with Crippen molar-refractivity contribution in [1.29, 1.82) is 0 Å². The highest BCUT2D eigenvalue weighted by atomic mass is 16.7. The number of benzene rings is 1. The third kappa shape index (κ3) is 2.07. The second kappa shape index (κ2) is 4.40. The van der Waals surface area contributed by atoms with Crippen molar-refractivity contribution in [2.24, 2.45) is 0 Å². The van der Waals surface area contributed by atoms with Gasteiger partial charge >= 0.3 is 0 Å². The minimum Gasteiger partial charge on any atom is -0.483 e. The average molecular weight is 273 g/mol. The van der Waals surface area contributed by atoms with Crippen LogP contribution in [0.1, 0.15) is 43.4 Å². The number of hydrogen-bond acceptors (Lipinski definition) is 5. The van der Waals surface area contributed by atoms with Crippen LogP contribution >= 0.6 is 0 Å². The Bertz CT molecular complexity index is 636. The molecule has 1 atom stereocenters. The molecule has 0 unspecified atom stereocenters. The first-order valence-electron chi connectivity index (χ1n) is 6.78. The molecule has 20 heavy (non-hydrogen) atoms. The number of aromatic amines is 1. The standard InChI is InChI=1S/C14H15N3O3/c1-8(13-15-14(17-16-13)9-2-3-9)20-10-4-5-11-12(6-10)19-7-18-11/h4-6,8-9H,2-3,7H2,1H3,(H,15,16,17)/t8-/m0/s1. The SMILES string of the molecule is C[C@H](Oc1ccc2c(c1)OCO2)c1n[nH]c(C2CC2)n1. The molecule has 1 saturated carbocycles. The van der Waals surface area contributed by atoms with Gasteiger partial charge in [-0.15, -0.1) is 0 Å². The number of hydrogen-bond donors (Lipinski definition) is 1. The van der Waals surface area contributed by atoms with E-state index in [2.05, 4.69) is 15.2 Å². The average Bonchev–Trinajstić information content (AvgIpc) is 3.01. The molecule has 104 valence electrons. The summed E-state index contributed by atoms with van der Waals surface area (Å²) in [4.78, 5) is 4.49. The van der Waals surface area contributed by atoms with E-state index in [1.165, 1.54) is 12.8 Å². The Morgan fingerprint density at radius 1 is 1.30 bits per heavy atom. The zero-order chi connectivity index (χ0) is 13.5. The topological polar surface area (TPSA) is 69.3 Å². The van der Waals surface area contributed by atoms with Crippen LogP contribution in [0.5, 0.6) is 17.2 Å². The molecule has 0 spiro atoms. The number of fused-ring (bicyclic) bond motifs is 1. The quantitative estimate of drug-likeness (QED) is 0.927. The van der Waals surface area contributed by atoms with Crippen LogP contribution in [0.15, 0.2) is 18.2 Å². The van der Waals surface area contributed by atoms with E-state index in [0.717, 1.165) is 17.3 Å². The molecule has 0 radical (unpaired) electrons. The summed E-state index contributed by atoms with van der Waals surface area (Å²) < 4.78 is 16.5. The van der Waals surface area contributed by atoms with Gasteiger partial charge in [0.1, 0.15) is 11.6 Å². The van der Waals surface area contributed by atoms with Gasteiger partial charge in [0.25, 0.3) is 0 Å². The maximum atomic E-state index is 5.86. The van der Waals surface area contributed by atoms with E-state index < -0.39 is 0 Å². The lowest BCUT2D eigenvalue weighted by Crippen LogP contribution is -2.05. The Morgan fingerprint density at radius 3 is 3.00 bits per heavy atom. The van der Waals surface area contributed by atoms with Crippen LogP contribution in [0.3, 0.4) is 0 Å². The Morgan fingerprint density at radius 2 is 2.15 bits per heavy atom. The summed E-state index contributed by atoms with van der Waals surface area (Å²) in [7, 11) is 0. The number of aromatic nitrogens is 3. The van der Waals surface area contributed by atoms with Gasteiger partial charge in [-0.3, -0.25) is 5.10 Å². The fourth-order valence-electron chi connectivity index (χ4n) is 2.22. The summed E-state index contributed by atoms with van der Waals surface area (Å²) in [5.41, 5.74) is 0. The van der Waals surface area contributed by atoms with Crippen molar-refractivity contribution in [2.75, 3.05) is 6.79 Å². The molecule has 0 saturated heterocycles. The van der Waals surface area contributed by atoms with Crippen molar-refractivity contribution in [3.05, 3.63) is 29.8 Å². The number of ether oxygens (including phenoxy) is 3. The zero-order valence-electron chi connectivity index (χ0n) is 11.1. The molecule has 6 nitrogen and oxygen atoms in total. The fraction of sp³-hybridized carbons (Fsp3) is 0.429. The summed E-state index contributed by atoms with van der Waals surface area (Å²) in [5, 5.41) is 7.22. The lowest BCUT2D eigenvalue weighted by atomic mass is 10.3. The first-order chi connectivity index (χ1) is 9.79. The van der Waals surface area contributed by atoms with Gasteiger partial charge in [0.05, 0.1) is 0 Å². The third-order valence-electron chi connectivity index (χ3n) is 3.50. The van der Waals surface area contributed by atoms with Crippen molar-refractivity contribution in [3.63, 3.8) is 0 Å². The Kier molecular flexibility index (Phi) is 2.55. The highest BCUT2D eigenvalue weighted by molar-refractivity contribution is 5.46. The van der Waals surface area contributed by atoms with E-state index >= 15 is 0 Å². The third-order valence-corrected chi connectivity index (χ3v) is 3.50. The lowest BCUT2D eigenvalue weighted by Gasteiger charge is -2.11. The highest BCUT2D eigenvalue weighted by Crippen LogP contribution is 2.39. The van der Waals surface area contributed by atoms with E-state index in [-0.39, 0.29) is 12.9 Å². The van der Waals surface area contributed by atoms with Gasteiger partial charge in [-0.1, -0.05) is 0 Å². The van der Waals surface area contributed by atoms with Crippen LogP contribution in [0.4, 0.5) is 0 Å². The second-order valence-corrected chi connectivity index (χ2v) is 5.13. The molecule has 6 heteroatoms. The minimum absolute atomic E-state index is 0.209. The second-order valence-electron chi connectivity index (χ2n) is 5.13. The maximum absolute atomic E-state index is 5.86. The van der Waals surface area contributed by atoms with Crippen LogP contribution in [0, 0.1) is 0 Å². The molecular formula is C14H15N3O3. The number of H-pyrrole nitrogens is 1. The van der Waals surface area contributed by atoms with Crippen LogP contribution in [0.2, 0.25) is 0 Å². The van der Waals surface area contributed by atoms with Crippen molar-refractivity contribution in [3.8, 4) is 17.2 Å². The lowest BCUT2D eigenvalue weighted by molar-refractivity contribution is 0.173. The Labute approximate surface area is 116 Å². The molecule has 1 fully saturated rings. The van der Waals surface area contributed by atoms with Gasteiger partial charge in [0, 0.05) is 12.0 Å². The van der Waals surface area contributed by atoms with Gasteiger partial charge in [-0.05, 0) is 31.9 Å². The monoisotopic (exact) mass is 273 g/mol. The summed E-state index contributed by atoms with van der Waals surface area (Å²) in [6.45, 7) is 2.20. The fourth-order valence-corrected chi connectivity index (χ4v) is 2.22. The molecule has 1 aliphatic carbocycles. The molecule has 2 heterocycles. The molecule has 2 aromatic rings. The van der Waals surface area contributed by atoms with E-state index in [0.29, 0.717) is 17.5 Å². The minimum atomic E-state index is -0.209. The first-order valence-corrected chi connectivity index (χ1v) is 6.78. The van der Waals surface area contributed by atoms with Crippen LogP contribution < -0.4 is 14.2 Å². The Balaban J connectivity index is 1.49. The van der Waals surface area contributed by atoms with Gasteiger partial charge in [-0.25, -0.2) is 4.98 Å². The van der Waals surface area contributed by atoms with Gasteiger partial charge < -0.3 is 14.2 Å². The molecule has 2 aliphatic rings. The van der Waals surface area contributed by atoms with Crippen LogP contribution in [0.25, 0.3) is 0 Å². The summed E-state index contributed by atoms with van der Waals surface area (Å²) in [6, 6.07) is 5.53. The van der Waals surface area contributed by atoms with Crippen LogP contribution in [-0.4, -0.2) is 22.0 Å². The summed E-state index contributed by atoms with van der Waals surface area (Å²) >= 11 is 0. The van der Waals surface area contributed by atoms with Crippen molar-refractivity contribution < 1.29 is 14.2 Å². The van der Waals surface area contributed by atoms with Crippen molar-refractivity contribution in [1.82, 2.24) is 15.2 Å². The number of rotatable bonds is 4. The summed E-state index contributed by atoms with van der Waals surface area (Å²) in [5.74, 6) is 4.40. The molecule has 0 bridgehead atoms.